The molecule has 0 radical (unpaired) electrons. The van der Waals surface area contributed by atoms with Crippen molar-refractivity contribution in [3.05, 3.63) is 59.0 Å². The molecule has 42 heavy (non-hydrogen) atoms. The van der Waals surface area contributed by atoms with Gasteiger partial charge in [-0.3, -0.25) is 4.79 Å². The molecule has 224 valence electrons. The number of aryl methyl sites for hydroxylation is 2. The van der Waals surface area contributed by atoms with Crippen molar-refractivity contribution < 1.29 is 23.1 Å². The predicted molar refractivity (Wildman–Crippen MR) is 160 cm³/mol. The van der Waals surface area contributed by atoms with Crippen LogP contribution in [0.25, 0.3) is 0 Å². The van der Waals surface area contributed by atoms with E-state index in [1.54, 1.807) is 6.92 Å². The van der Waals surface area contributed by atoms with E-state index in [0.29, 0.717) is 23.3 Å². The molecule has 1 saturated heterocycles. The van der Waals surface area contributed by atoms with Gasteiger partial charge in [0.25, 0.3) is 0 Å². The molecule has 2 aliphatic heterocycles. The van der Waals surface area contributed by atoms with Gasteiger partial charge in [0.15, 0.2) is 0 Å². The van der Waals surface area contributed by atoms with Crippen LogP contribution >= 0.6 is 0 Å². The topological polar surface area (TPSA) is 159 Å². The SMILES string of the molecule is COc1ccc(S(=O)(=O)N[C@@H](CNc2nc(C)nc(N3CCC(c4ccc5c(n4)NCCC5)CC3)c2C)C(=O)O)cc1. The Morgan fingerprint density at radius 2 is 1.86 bits per heavy atom. The van der Waals surface area contributed by atoms with E-state index in [2.05, 4.69) is 37.4 Å². The monoisotopic (exact) mass is 595 g/mol. The molecule has 4 N–H and O–H groups in total. The van der Waals surface area contributed by atoms with Crippen LogP contribution in [0.15, 0.2) is 41.3 Å². The largest absolute Gasteiger partial charge is 0.497 e. The molecule has 0 saturated carbocycles. The number of aromatic nitrogens is 3. The Morgan fingerprint density at radius 3 is 2.55 bits per heavy atom. The molecular formula is C29H37N7O5S. The molecule has 1 fully saturated rings. The number of pyridine rings is 1. The highest BCUT2D eigenvalue weighted by Crippen LogP contribution is 2.33. The maximum absolute atomic E-state index is 12.9. The zero-order valence-corrected chi connectivity index (χ0v) is 24.9. The van der Waals surface area contributed by atoms with E-state index in [0.717, 1.165) is 68.2 Å². The molecule has 0 unspecified atom stereocenters. The molecule has 4 heterocycles. The summed E-state index contributed by atoms with van der Waals surface area (Å²) in [6.45, 7) is 6.02. The van der Waals surface area contributed by atoms with Crippen LogP contribution in [0.2, 0.25) is 0 Å². The number of sulfonamides is 1. The second-order valence-corrected chi connectivity index (χ2v) is 12.4. The maximum atomic E-state index is 12.9. The minimum absolute atomic E-state index is 0.0591. The third-order valence-electron chi connectivity index (χ3n) is 7.80. The standard InChI is InChI=1S/C29H37N7O5S/c1-18-26(31-17-25(29(37)38)35-42(39,40)23-9-7-22(41-3)8-10-23)32-19(2)33-28(18)36-15-12-20(13-16-36)24-11-6-21-5-4-14-30-27(21)34-24/h6-11,20,25,35H,4-5,12-17H2,1-3H3,(H,30,34)(H,37,38)(H,31,32,33)/t25-/m0/s1. The van der Waals surface area contributed by atoms with Crippen LogP contribution in [0, 0.1) is 13.8 Å². The van der Waals surface area contributed by atoms with Gasteiger partial charge in [0.05, 0.1) is 12.0 Å². The lowest BCUT2D eigenvalue weighted by atomic mass is 9.92. The van der Waals surface area contributed by atoms with Crippen LogP contribution in [-0.4, -0.2) is 73.8 Å². The quantitative estimate of drug-likeness (QED) is 0.273. The number of benzene rings is 1. The summed E-state index contributed by atoms with van der Waals surface area (Å²) in [4.78, 5) is 28.3. The van der Waals surface area contributed by atoms with Crippen molar-refractivity contribution >= 4 is 33.4 Å². The number of aliphatic carboxylic acids is 1. The molecule has 1 atom stereocenters. The van der Waals surface area contributed by atoms with Crippen molar-refractivity contribution in [2.75, 3.05) is 48.8 Å². The lowest BCUT2D eigenvalue weighted by molar-refractivity contribution is -0.138. The van der Waals surface area contributed by atoms with E-state index in [4.69, 9.17) is 14.7 Å². The van der Waals surface area contributed by atoms with Crippen molar-refractivity contribution in [2.24, 2.45) is 0 Å². The number of carbonyl (C=O) groups is 1. The summed E-state index contributed by atoms with van der Waals surface area (Å²) in [5.41, 5.74) is 3.18. The van der Waals surface area contributed by atoms with Crippen molar-refractivity contribution in [2.45, 2.75) is 56.4 Å². The molecule has 3 aromatic rings. The lowest BCUT2D eigenvalue weighted by Crippen LogP contribution is -2.45. The van der Waals surface area contributed by atoms with Gasteiger partial charge in [0.1, 0.15) is 35.1 Å². The first kappa shape index (κ1) is 29.5. The van der Waals surface area contributed by atoms with Crippen molar-refractivity contribution in [3.63, 3.8) is 0 Å². The van der Waals surface area contributed by atoms with Crippen LogP contribution in [0.5, 0.6) is 5.75 Å². The van der Waals surface area contributed by atoms with Gasteiger partial charge in [-0.05, 0) is 75.4 Å². The summed E-state index contributed by atoms with van der Waals surface area (Å²) in [5, 5.41) is 16.2. The summed E-state index contributed by atoms with van der Waals surface area (Å²) in [6.07, 6.45) is 4.08. The summed E-state index contributed by atoms with van der Waals surface area (Å²) in [5.74, 6) is 2.36. The molecule has 0 amide bonds. The van der Waals surface area contributed by atoms with Gasteiger partial charge >= 0.3 is 5.97 Å². The van der Waals surface area contributed by atoms with Gasteiger partial charge in [0.2, 0.25) is 10.0 Å². The third-order valence-corrected chi connectivity index (χ3v) is 9.29. The molecule has 5 rings (SSSR count). The Morgan fingerprint density at radius 1 is 1.12 bits per heavy atom. The minimum Gasteiger partial charge on any atom is -0.497 e. The van der Waals surface area contributed by atoms with Crippen LogP contribution in [0.1, 0.15) is 47.8 Å². The number of carboxylic acid groups (broad SMARTS) is 1. The van der Waals surface area contributed by atoms with Crippen molar-refractivity contribution in [1.82, 2.24) is 19.7 Å². The Hall–Kier alpha value is -3.97. The highest BCUT2D eigenvalue weighted by atomic mass is 32.2. The van der Waals surface area contributed by atoms with Crippen molar-refractivity contribution in [3.8, 4) is 5.75 Å². The Labute approximate surface area is 246 Å². The fourth-order valence-electron chi connectivity index (χ4n) is 5.44. The number of rotatable bonds is 10. The third kappa shape index (κ3) is 6.57. The molecule has 2 aliphatic rings. The first-order chi connectivity index (χ1) is 20.1. The average Bonchev–Trinajstić information content (AvgIpc) is 3.00. The number of piperidine rings is 1. The van der Waals surface area contributed by atoms with Gasteiger partial charge in [-0.1, -0.05) is 6.07 Å². The maximum Gasteiger partial charge on any atom is 0.323 e. The van der Waals surface area contributed by atoms with Crippen LogP contribution in [0.4, 0.5) is 17.5 Å². The number of anilines is 3. The average molecular weight is 596 g/mol. The zero-order valence-electron chi connectivity index (χ0n) is 24.1. The molecule has 0 aliphatic carbocycles. The second-order valence-electron chi connectivity index (χ2n) is 10.7. The van der Waals surface area contributed by atoms with Crippen LogP contribution < -0.4 is 25.0 Å². The number of ether oxygens (including phenoxy) is 1. The van der Waals surface area contributed by atoms with Crippen LogP contribution in [-0.2, 0) is 21.2 Å². The van der Waals surface area contributed by atoms with E-state index in [1.807, 2.05) is 6.92 Å². The molecule has 12 nitrogen and oxygen atoms in total. The number of methoxy groups -OCH3 is 1. The highest BCUT2D eigenvalue weighted by molar-refractivity contribution is 7.89. The number of fused-ring (bicyclic) bond motifs is 1. The van der Waals surface area contributed by atoms with Gasteiger partial charge in [0, 0.05) is 43.4 Å². The Kier molecular flexibility index (Phi) is 8.78. The summed E-state index contributed by atoms with van der Waals surface area (Å²) in [7, 11) is -2.61. The van der Waals surface area contributed by atoms with E-state index < -0.39 is 22.0 Å². The second kappa shape index (κ2) is 12.5. The van der Waals surface area contributed by atoms with Gasteiger partial charge in [-0.25, -0.2) is 23.4 Å². The molecule has 0 spiro atoms. The van der Waals surface area contributed by atoms with E-state index >= 15 is 0 Å². The highest BCUT2D eigenvalue weighted by Gasteiger charge is 2.28. The van der Waals surface area contributed by atoms with Gasteiger partial charge < -0.3 is 25.4 Å². The summed E-state index contributed by atoms with van der Waals surface area (Å²) < 4.78 is 33.1. The Balaban J connectivity index is 1.25. The first-order valence-corrected chi connectivity index (χ1v) is 15.6. The summed E-state index contributed by atoms with van der Waals surface area (Å²) >= 11 is 0. The smallest absolute Gasteiger partial charge is 0.323 e. The number of carboxylic acids is 1. The van der Waals surface area contributed by atoms with Gasteiger partial charge in [-0.15, -0.1) is 0 Å². The minimum atomic E-state index is -4.09. The summed E-state index contributed by atoms with van der Waals surface area (Å²) in [6, 6.07) is 8.66. The lowest BCUT2D eigenvalue weighted by Gasteiger charge is -2.34. The normalized spacial score (nSPS) is 16.3. The molecule has 1 aromatic carbocycles. The van der Waals surface area contributed by atoms with E-state index in [-0.39, 0.29) is 11.4 Å². The molecular weight excluding hydrogens is 558 g/mol. The zero-order chi connectivity index (χ0) is 29.9. The predicted octanol–water partition coefficient (Wildman–Crippen LogP) is 3.08. The number of hydrogen-bond donors (Lipinski definition) is 4. The molecule has 13 heteroatoms. The van der Waals surface area contributed by atoms with Gasteiger partial charge in [-0.2, -0.15) is 4.72 Å². The number of nitrogens with one attached hydrogen (secondary N) is 3. The Bertz CT molecular complexity index is 1540. The number of nitrogens with zero attached hydrogens (tertiary/aromatic N) is 4. The van der Waals surface area contributed by atoms with Crippen molar-refractivity contribution in [1.29, 1.82) is 0 Å². The fraction of sp³-hybridized carbons (Fsp3) is 0.448. The van der Waals surface area contributed by atoms with E-state index in [1.165, 1.54) is 36.9 Å². The molecule has 0 bridgehead atoms. The fourth-order valence-corrected chi connectivity index (χ4v) is 6.63. The number of hydrogen-bond acceptors (Lipinski definition) is 10. The van der Waals surface area contributed by atoms with E-state index in [9.17, 15) is 18.3 Å². The molecule has 2 aromatic heterocycles. The van der Waals surface area contributed by atoms with Crippen LogP contribution in [0.3, 0.4) is 0 Å². The first-order valence-electron chi connectivity index (χ1n) is 14.1.